The molecule has 0 bridgehead atoms. The highest BCUT2D eigenvalue weighted by atomic mass is 32.2. The number of hydrogen-bond acceptors (Lipinski definition) is 9. The predicted molar refractivity (Wildman–Crippen MR) is 111 cm³/mol. The van der Waals surface area contributed by atoms with E-state index in [0.29, 0.717) is 31.0 Å². The van der Waals surface area contributed by atoms with Crippen molar-refractivity contribution in [3.05, 3.63) is 41.2 Å². The quantitative estimate of drug-likeness (QED) is 0.367. The Morgan fingerprint density at radius 3 is 2.77 bits per heavy atom. The minimum atomic E-state index is -3.84. The van der Waals surface area contributed by atoms with Gasteiger partial charge in [0.15, 0.2) is 22.1 Å². The van der Waals surface area contributed by atoms with Crippen molar-refractivity contribution in [2.45, 2.75) is 30.4 Å². The molecule has 3 rings (SSSR count). The first-order valence-electron chi connectivity index (χ1n) is 9.27. The topological polar surface area (TPSA) is 139 Å². The van der Waals surface area contributed by atoms with Gasteiger partial charge in [0.1, 0.15) is 0 Å². The molecule has 1 aliphatic heterocycles. The van der Waals surface area contributed by atoms with Crippen molar-refractivity contribution >= 4 is 38.1 Å². The number of nitrogens with one attached hydrogen (secondary N) is 2. The minimum Gasteiger partial charge on any atom is -0.392 e. The lowest BCUT2D eigenvalue weighted by atomic mass is 10.1. The Kier molecular flexibility index (Phi) is 7.67. The summed E-state index contributed by atoms with van der Waals surface area (Å²) in [7, 11) is -3.84. The van der Waals surface area contributed by atoms with Crippen molar-refractivity contribution in [2.24, 2.45) is 5.16 Å². The first-order chi connectivity index (χ1) is 14.7. The van der Waals surface area contributed by atoms with Crippen molar-refractivity contribution in [1.82, 2.24) is 9.71 Å². The number of ether oxygens (including phenoxy) is 1. The number of hydrogen-bond donors (Lipinski definition) is 3. The van der Waals surface area contributed by atoms with Gasteiger partial charge in [-0.3, -0.25) is 10.1 Å². The molecule has 1 saturated heterocycles. The molecule has 1 aromatic heterocycles. The maximum absolute atomic E-state index is 13.2. The summed E-state index contributed by atoms with van der Waals surface area (Å²) in [5.74, 6) is -0.698. The van der Waals surface area contributed by atoms with Crippen molar-refractivity contribution < 1.29 is 32.3 Å². The average molecular weight is 473 g/mol. The van der Waals surface area contributed by atoms with E-state index in [1.54, 1.807) is 0 Å². The highest BCUT2D eigenvalue weighted by Crippen LogP contribution is 2.18. The summed E-state index contributed by atoms with van der Waals surface area (Å²) in [5.41, 5.74) is 0.145. The summed E-state index contributed by atoms with van der Waals surface area (Å²) in [6, 6.07) is 5.38. The van der Waals surface area contributed by atoms with E-state index in [0.717, 1.165) is 6.20 Å². The van der Waals surface area contributed by atoms with Crippen LogP contribution in [0.4, 0.5) is 9.52 Å². The van der Waals surface area contributed by atoms with Crippen LogP contribution in [0.5, 0.6) is 0 Å². The Labute approximate surface area is 182 Å². The van der Waals surface area contributed by atoms with Gasteiger partial charge < -0.3 is 14.7 Å². The monoisotopic (exact) mass is 472 g/mol. The van der Waals surface area contributed by atoms with Crippen LogP contribution in [-0.2, 0) is 24.4 Å². The fraction of sp³-hybridized carbons (Fsp3) is 0.389. The van der Waals surface area contributed by atoms with Crippen molar-refractivity contribution in [3.8, 4) is 0 Å². The molecule has 2 aromatic rings. The number of aliphatic hydroxyl groups excluding tert-OH is 1. The van der Waals surface area contributed by atoms with E-state index < -0.39 is 27.2 Å². The van der Waals surface area contributed by atoms with E-state index >= 15 is 0 Å². The zero-order valence-electron chi connectivity index (χ0n) is 16.4. The van der Waals surface area contributed by atoms with E-state index in [2.05, 4.69) is 20.2 Å². The van der Waals surface area contributed by atoms with Crippen LogP contribution in [0.15, 0.2) is 40.5 Å². The molecule has 0 unspecified atom stereocenters. The molecule has 10 nitrogen and oxygen atoms in total. The number of amides is 1. The molecule has 0 saturated carbocycles. The predicted octanol–water partition coefficient (Wildman–Crippen LogP) is 1.09. The normalized spacial score (nSPS) is 18.0. The molecule has 3 N–H and O–H groups in total. The summed E-state index contributed by atoms with van der Waals surface area (Å²) >= 11 is 0.652. The van der Waals surface area contributed by atoms with Crippen LogP contribution in [-0.4, -0.2) is 62.1 Å². The molecule has 1 amide bonds. The molecule has 0 spiro atoms. The standard InChI is InChI=1S/C18H21FN4O6S2/c1-11(24)8-21-31(26,27)14-4-2-12(3-5-14)16(23-29-13-6-7-28-10-13)17(25)22-18-20-9-15(19)30-18/h2-5,9,11,13,21,24H,6-8,10H2,1H3,(H,20,22,25)/b23-16+/t11-,13-/m1/s1. The summed E-state index contributed by atoms with van der Waals surface area (Å²) in [6.07, 6.45) is 0.430. The largest absolute Gasteiger partial charge is 0.392 e. The Bertz CT molecular complexity index is 1030. The van der Waals surface area contributed by atoms with Gasteiger partial charge in [0.05, 0.1) is 30.4 Å². The summed E-state index contributed by atoms with van der Waals surface area (Å²) < 4.78 is 45.2. The number of aromatic nitrogens is 1. The third-order valence-electron chi connectivity index (χ3n) is 4.10. The second-order valence-corrected chi connectivity index (χ2v) is 9.43. The van der Waals surface area contributed by atoms with Crippen molar-refractivity contribution in [1.29, 1.82) is 0 Å². The molecule has 13 heteroatoms. The van der Waals surface area contributed by atoms with Gasteiger partial charge in [0.25, 0.3) is 5.91 Å². The van der Waals surface area contributed by atoms with Crippen LogP contribution < -0.4 is 10.0 Å². The summed E-state index contributed by atoms with van der Waals surface area (Å²) in [6.45, 7) is 2.17. The molecule has 168 valence electrons. The molecular formula is C18H21FN4O6S2. The van der Waals surface area contributed by atoms with Crippen molar-refractivity contribution in [2.75, 3.05) is 25.1 Å². The zero-order chi connectivity index (χ0) is 22.4. The number of oxime groups is 1. The molecule has 1 fully saturated rings. The van der Waals surface area contributed by atoms with Gasteiger partial charge in [-0.25, -0.2) is 18.1 Å². The van der Waals surface area contributed by atoms with E-state index in [1.807, 2.05) is 0 Å². The average Bonchev–Trinajstić information content (AvgIpc) is 3.39. The van der Waals surface area contributed by atoms with Gasteiger partial charge in [-0.2, -0.15) is 4.39 Å². The SMILES string of the molecule is C[C@@H](O)CNS(=O)(=O)c1ccc(/C(=N\O[C@@H]2CCOC2)C(=O)Nc2ncc(F)s2)cc1. The van der Waals surface area contributed by atoms with Crippen LogP contribution in [0.1, 0.15) is 18.9 Å². The number of benzene rings is 1. The second-order valence-electron chi connectivity index (χ2n) is 6.68. The first-order valence-corrected chi connectivity index (χ1v) is 11.6. The number of sulfonamides is 1. The number of aliphatic hydroxyl groups is 1. The smallest absolute Gasteiger partial charge is 0.280 e. The summed E-state index contributed by atoms with van der Waals surface area (Å²) in [5, 5.41) is 15.1. The van der Waals surface area contributed by atoms with Crippen LogP contribution in [0, 0.1) is 5.13 Å². The van der Waals surface area contributed by atoms with Crippen LogP contribution in [0.2, 0.25) is 0 Å². The number of carbonyl (C=O) groups is 1. The maximum Gasteiger partial charge on any atom is 0.280 e. The zero-order valence-corrected chi connectivity index (χ0v) is 18.1. The molecule has 1 aliphatic rings. The Morgan fingerprint density at radius 1 is 1.45 bits per heavy atom. The Hall–Kier alpha value is -2.45. The number of carbonyl (C=O) groups excluding carboxylic acids is 1. The fourth-order valence-electron chi connectivity index (χ4n) is 2.52. The Balaban J connectivity index is 1.82. The number of thiazole rings is 1. The van der Waals surface area contributed by atoms with Gasteiger partial charge in [0.2, 0.25) is 10.0 Å². The molecule has 0 radical (unpaired) electrons. The molecular weight excluding hydrogens is 451 g/mol. The van der Waals surface area contributed by atoms with Crippen LogP contribution in [0.3, 0.4) is 0 Å². The molecule has 31 heavy (non-hydrogen) atoms. The summed E-state index contributed by atoms with van der Waals surface area (Å²) in [4.78, 5) is 21.8. The van der Waals surface area contributed by atoms with Gasteiger partial charge in [-0.15, -0.1) is 0 Å². The third kappa shape index (κ3) is 6.51. The number of anilines is 1. The van der Waals surface area contributed by atoms with Gasteiger partial charge >= 0.3 is 0 Å². The van der Waals surface area contributed by atoms with Gasteiger partial charge in [-0.05, 0) is 19.1 Å². The number of nitrogens with zero attached hydrogens (tertiary/aromatic N) is 2. The highest BCUT2D eigenvalue weighted by molar-refractivity contribution is 7.89. The van der Waals surface area contributed by atoms with Crippen molar-refractivity contribution in [3.63, 3.8) is 0 Å². The molecule has 2 atom stereocenters. The lowest BCUT2D eigenvalue weighted by Gasteiger charge is -2.11. The van der Waals surface area contributed by atoms with Gasteiger partial charge in [-0.1, -0.05) is 28.6 Å². The Morgan fingerprint density at radius 2 is 2.19 bits per heavy atom. The number of rotatable bonds is 9. The minimum absolute atomic E-state index is 0.0425. The molecule has 1 aromatic carbocycles. The fourth-order valence-corrected chi connectivity index (χ4v) is 4.18. The highest BCUT2D eigenvalue weighted by Gasteiger charge is 2.22. The van der Waals surface area contributed by atoms with E-state index in [4.69, 9.17) is 9.57 Å². The maximum atomic E-state index is 13.2. The second kappa shape index (κ2) is 10.2. The number of halogens is 1. The lowest BCUT2D eigenvalue weighted by molar-refractivity contribution is -0.110. The third-order valence-corrected chi connectivity index (χ3v) is 6.24. The lowest BCUT2D eigenvalue weighted by Crippen LogP contribution is -2.30. The first kappa shape index (κ1) is 23.2. The van der Waals surface area contributed by atoms with E-state index in [-0.39, 0.29) is 34.0 Å². The molecule has 0 aliphatic carbocycles. The van der Waals surface area contributed by atoms with Crippen LogP contribution >= 0.6 is 11.3 Å². The van der Waals surface area contributed by atoms with Crippen LogP contribution in [0.25, 0.3) is 0 Å². The van der Waals surface area contributed by atoms with E-state index in [9.17, 15) is 22.7 Å². The van der Waals surface area contributed by atoms with Gasteiger partial charge in [0, 0.05) is 18.5 Å². The molecule has 2 heterocycles. The van der Waals surface area contributed by atoms with E-state index in [1.165, 1.54) is 31.2 Å².